The molecule has 8 heteroatoms. The molecular formula is C22H28IN5OS. The lowest BCUT2D eigenvalue weighted by Crippen LogP contribution is -2.48. The first-order valence-electron chi connectivity index (χ1n) is 10.1. The summed E-state index contributed by atoms with van der Waals surface area (Å²) < 4.78 is 5.86. The number of rotatable bonds is 6. The highest BCUT2D eigenvalue weighted by atomic mass is 127. The zero-order chi connectivity index (χ0) is 19.9. The van der Waals surface area contributed by atoms with Gasteiger partial charge in [-0.05, 0) is 37.3 Å². The molecule has 3 heterocycles. The SMILES string of the molecule is CCNC(=NCc1ncc(-c2ccccc2)o1)NC1CCN(c2cccs2)CC1.I. The third-order valence-corrected chi connectivity index (χ3v) is 5.91. The minimum atomic E-state index is 0. The summed E-state index contributed by atoms with van der Waals surface area (Å²) in [6.45, 7) is 5.45. The van der Waals surface area contributed by atoms with Crippen LogP contribution in [0.5, 0.6) is 0 Å². The van der Waals surface area contributed by atoms with Gasteiger partial charge in [0.25, 0.3) is 0 Å². The van der Waals surface area contributed by atoms with Crippen LogP contribution in [0.4, 0.5) is 5.00 Å². The highest BCUT2D eigenvalue weighted by Gasteiger charge is 2.20. The summed E-state index contributed by atoms with van der Waals surface area (Å²) >= 11 is 1.81. The largest absolute Gasteiger partial charge is 0.439 e. The van der Waals surface area contributed by atoms with E-state index in [0.29, 0.717) is 18.5 Å². The fraction of sp³-hybridized carbons (Fsp3) is 0.364. The number of nitrogens with zero attached hydrogens (tertiary/aromatic N) is 3. The Balaban J connectivity index is 0.00000256. The van der Waals surface area contributed by atoms with Gasteiger partial charge in [-0.2, -0.15) is 0 Å². The van der Waals surface area contributed by atoms with Gasteiger partial charge in [-0.1, -0.05) is 30.3 Å². The summed E-state index contributed by atoms with van der Waals surface area (Å²) in [6, 6.07) is 14.7. The molecule has 6 nitrogen and oxygen atoms in total. The Kier molecular flexibility index (Phi) is 8.56. The van der Waals surface area contributed by atoms with Crippen molar-refractivity contribution in [1.82, 2.24) is 15.6 Å². The number of oxazole rings is 1. The molecule has 2 aromatic heterocycles. The molecule has 160 valence electrons. The van der Waals surface area contributed by atoms with Gasteiger partial charge in [0.15, 0.2) is 11.7 Å². The molecule has 0 atom stereocenters. The molecule has 1 aromatic carbocycles. The van der Waals surface area contributed by atoms with Crippen molar-refractivity contribution < 1.29 is 4.42 Å². The summed E-state index contributed by atoms with van der Waals surface area (Å²) in [5, 5.41) is 10.4. The van der Waals surface area contributed by atoms with Crippen molar-refractivity contribution >= 4 is 46.3 Å². The van der Waals surface area contributed by atoms with Crippen LogP contribution in [0.1, 0.15) is 25.7 Å². The second-order valence-corrected chi connectivity index (χ2v) is 7.96. The van der Waals surface area contributed by atoms with E-state index in [1.165, 1.54) is 5.00 Å². The zero-order valence-electron chi connectivity index (χ0n) is 17.1. The Labute approximate surface area is 198 Å². The van der Waals surface area contributed by atoms with Crippen molar-refractivity contribution in [2.45, 2.75) is 32.4 Å². The quantitative estimate of drug-likeness (QED) is 0.270. The van der Waals surface area contributed by atoms with Gasteiger partial charge < -0.3 is 20.0 Å². The second-order valence-electron chi connectivity index (χ2n) is 7.04. The molecule has 3 aromatic rings. The van der Waals surface area contributed by atoms with Crippen LogP contribution in [0.3, 0.4) is 0 Å². The Hall–Kier alpha value is -2.07. The molecule has 1 saturated heterocycles. The van der Waals surface area contributed by atoms with Crippen molar-refractivity contribution in [1.29, 1.82) is 0 Å². The Bertz CT molecular complexity index is 905. The van der Waals surface area contributed by atoms with E-state index in [4.69, 9.17) is 4.42 Å². The number of anilines is 1. The molecule has 4 rings (SSSR count). The number of nitrogens with one attached hydrogen (secondary N) is 2. The lowest BCUT2D eigenvalue weighted by Gasteiger charge is -2.33. The number of hydrogen-bond acceptors (Lipinski definition) is 5. The van der Waals surface area contributed by atoms with Crippen LogP contribution >= 0.6 is 35.3 Å². The van der Waals surface area contributed by atoms with E-state index < -0.39 is 0 Å². The van der Waals surface area contributed by atoms with Gasteiger partial charge in [0.05, 0.1) is 11.2 Å². The minimum absolute atomic E-state index is 0. The summed E-state index contributed by atoms with van der Waals surface area (Å²) in [7, 11) is 0. The van der Waals surface area contributed by atoms with E-state index >= 15 is 0 Å². The molecule has 2 N–H and O–H groups in total. The van der Waals surface area contributed by atoms with E-state index in [-0.39, 0.29) is 24.0 Å². The molecular weight excluding hydrogens is 509 g/mol. The number of aromatic nitrogens is 1. The highest BCUT2D eigenvalue weighted by Crippen LogP contribution is 2.25. The van der Waals surface area contributed by atoms with E-state index in [9.17, 15) is 0 Å². The van der Waals surface area contributed by atoms with Crippen molar-refractivity contribution in [2.75, 3.05) is 24.5 Å². The van der Waals surface area contributed by atoms with Gasteiger partial charge in [-0.25, -0.2) is 9.98 Å². The summed E-state index contributed by atoms with van der Waals surface area (Å²) in [4.78, 5) is 11.5. The number of hydrogen-bond donors (Lipinski definition) is 2. The van der Waals surface area contributed by atoms with Crippen LogP contribution in [0, 0.1) is 0 Å². The Morgan fingerprint density at radius 2 is 2.00 bits per heavy atom. The maximum absolute atomic E-state index is 5.86. The van der Waals surface area contributed by atoms with Gasteiger partial charge in [-0.15, -0.1) is 35.3 Å². The van der Waals surface area contributed by atoms with Gasteiger partial charge in [0.1, 0.15) is 6.54 Å². The maximum atomic E-state index is 5.86. The third-order valence-electron chi connectivity index (χ3n) is 4.98. The second kappa shape index (κ2) is 11.4. The minimum Gasteiger partial charge on any atom is -0.439 e. The number of guanidine groups is 1. The number of benzene rings is 1. The van der Waals surface area contributed by atoms with Gasteiger partial charge >= 0.3 is 0 Å². The first-order valence-corrected chi connectivity index (χ1v) is 11.0. The highest BCUT2D eigenvalue weighted by molar-refractivity contribution is 14.0. The van der Waals surface area contributed by atoms with E-state index in [0.717, 1.165) is 49.8 Å². The molecule has 1 fully saturated rings. The topological polar surface area (TPSA) is 65.7 Å². The monoisotopic (exact) mass is 537 g/mol. The van der Waals surface area contributed by atoms with E-state index in [1.54, 1.807) is 6.20 Å². The van der Waals surface area contributed by atoms with Crippen LogP contribution in [-0.4, -0.2) is 36.6 Å². The predicted octanol–water partition coefficient (Wildman–Crippen LogP) is 4.75. The number of aliphatic imine (C=N–C) groups is 1. The fourth-order valence-corrected chi connectivity index (χ4v) is 4.26. The molecule has 0 radical (unpaired) electrons. The smallest absolute Gasteiger partial charge is 0.216 e. The van der Waals surface area contributed by atoms with E-state index in [1.807, 2.05) is 41.7 Å². The zero-order valence-corrected chi connectivity index (χ0v) is 20.2. The Morgan fingerprint density at radius 1 is 1.20 bits per heavy atom. The van der Waals surface area contributed by atoms with Crippen LogP contribution in [-0.2, 0) is 6.54 Å². The third kappa shape index (κ3) is 5.98. The molecule has 0 bridgehead atoms. The van der Waals surface area contributed by atoms with Crippen LogP contribution in [0.2, 0.25) is 0 Å². The predicted molar refractivity (Wildman–Crippen MR) is 135 cm³/mol. The lowest BCUT2D eigenvalue weighted by atomic mass is 10.1. The lowest BCUT2D eigenvalue weighted by molar-refractivity contribution is 0.461. The molecule has 0 unspecified atom stereocenters. The average Bonchev–Trinajstić information content (AvgIpc) is 3.46. The molecule has 1 aliphatic heterocycles. The van der Waals surface area contributed by atoms with Crippen molar-refractivity contribution in [3.8, 4) is 11.3 Å². The molecule has 0 amide bonds. The molecule has 0 aliphatic carbocycles. The summed E-state index contributed by atoms with van der Waals surface area (Å²) in [6.07, 6.45) is 3.96. The van der Waals surface area contributed by atoms with Crippen molar-refractivity contribution in [3.05, 3.63) is 59.9 Å². The molecule has 0 saturated carbocycles. The molecule has 1 aliphatic rings. The van der Waals surface area contributed by atoms with Crippen LogP contribution < -0.4 is 15.5 Å². The molecule has 30 heavy (non-hydrogen) atoms. The first-order chi connectivity index (χ1) is 14.3. The molecule has 0 spiro atoms. The van der Waals surface area contributed by atoms with E-state index in [2.05, 4.69) is 49.9 Å². The average molecular weight is 537 g/mol. The van der Waals surface area contributed by atoms with Gasteiger partial charge in [-0.3, -0.25) is 0 Å². The summed E-state index contributed by atoms with van der Waals surface area (Å²) in [5.74, 6) is 2.21. The Morgan fingerprint density at radius 3 is 2.70 bits per heavy atom. The number of halogens is 1. The standard InChI is InChI=1S/C22H27N5OS.HI/c1-2-23-22(26-18-10-12-27(13-11-18)21-9-6-14-29-21)25-16-20-24-15-19(28-20)17-7-4-3-5-8-17;/h3-9,14-15,18H,2,10-13,16H2,1H3,(H2,23,25,26);1H. The van der Waals surface area contributed by atoms with Crippen molar-refractivity contribution in [2.24, 2.45) is 4.99 Å². The van der Waals surface area contributed by atoms with Gasteiger partial charge in [0, 0.05) is 31.2 Å². The van der Waals surface area contributed by atoms with Crippen LogP contribution in [0.25, 0.3) is 11.3 Å². The number of piperidine rings is 1. The van der Waals surface area contributed by atoms with Crippen LogP contribution in [0.15, 0.2) is 63.5 Å². The summed E-state index contributed by atoms with van der Waals surface area (Å²) in [5.41, 5.74) is 1.03. The maximum Gasteiger partial charge on any atom is 0.216 e. The first kappa shape index (κ1) is 22.6. The van der Waals surface area contributed by atoms with Gasteiger partial charge in [0.2, 0.25) is 5.89 Å². The fourth-order valence-electron chi connectivity index (χ4n) is 3.47. The van der Waals surface area contributed by atoms with Crippen molar-refractivity contribution in [3.63, 3.8) is 0 Å². The normalized spacial score (nSPS) is 15.0. The number of thiophene rings is 1.